The molecule has 0 saturated carbocycles. The van der Waals surface area contributed by atoms with Gasteiger partial charge < -0.3 is 14.6 Å². The van der Waals surface area contributed by atoms with E-state index in [1.165, 1.54) is 12.1 Å². The van der Waals surface area contributed by atoms with E-state index in [1.807, 2.05) is 19.0 Å². The minimum absolute atomic E-state index is 0.0987. The molecule has 6 nitrogen and oxygen atoms in total. The Morgan fingerprint density at radius 1 is 1.00 bits per heavy atom. The Hall–Kier alpha value is -4.14. The van der Waals surface area contributed by atoms with Crippen LogP contribution in [0, 0.1) is 17.5 Å². The Morgan fingerprint density at radius 2 is 1.70 bits per heavy atom. The van der Waals surface area contributed by atoms with Crippen molar-refractivity contribution < 1.29 is 23.1 Å². The summed E-state index contributed by atoms with van der Waals surface area (Å²) in [6, 6.07) is 9.55. The molecule has 0 fully saturated rings. The number of benzene rings is 2. The topological polar surface area (TPSA) is 75.4 Å². The summed E-state index contributed by atoms with van der Waals surface area (Å²) in [7, 11) is 3.70. The Bertz CT molecular complexity index is 1450. The van der Waals surface area contributed by atoms with Gasteiger partial charge in [-0.2, -0.15) is 0 Å². The van der Waals surface area contributed by atoms with E-state index in [1.54, 1.807) is 24.4 Å². The van der Waals surface area contributed by atoms with Crippen molar-refractivity contribution in [3.8, 4) is 11.1 Å². The predicted molar refractivity (Wildman–Crippen MR) is 118 cm³/mol. The number of anilines is 1. The van der Waals surface area contributed by atoms with Gasteiger partial charge in [-0.15, -0.1) is 0 Å². The number of hydrogen-bond donors (Lipinski definition) is 1. The van der Waals surface area contributed by atoms with E-state index in [0.29, 0.717) is 11.1 Å². The molecule has 0 atom stereocenters. The maximum absolute atomic E-state index is 15.0. The molecule has 0 amide bonds. The van der Waals surface area contributed by atoms with Crippen molar-refractivity contribution in [1.82, 2.24) is 9.55 Å². The van der Waals surface area contributed by atoms with Crippen LogP contribution in [0.4, 0.5) is 19.0 Å². The Kier molecular flexibility index (Phi) is 5.63. The van der Waals surface area contributed by atoms with Crippen LogP contribution in [0.5, 0.6) is 0 Å². The summed E-state index contributed by atoms with van der Waals surface area (Å²) >= 11 is 0. The van der Waals surface area contributed by atoms with Crippen LogP contribution in [0.25, 0.3) is 22.0 Å². The Labute approximate surface area is 186 Å². The van der Waals surface area contributed by atoms with Crippen molar-refractivity contribution in [2.45, 2.75) is 6.54 Å². The zero-order valence-electron chi connectivity index (χ0n) is 17.6. The quantitative estimate of drug-likeness (QED) is 0.488. The van der Waals surface area contributed by atoms with Crippen LogP contribution in [0.15, 0.2) is 59.7 Å². The molecule has 0 aliphatic carbocycles. The van der Waals surface area contributed by atoms with E-state index in [9.17, 15) is 27.9 Å². The maximum atomic E-state index is 15.0. The van der Waals surface area contributed by atoms with Crippen molar-refractivity contribution in [2.75, 3.05) is 19.0 Å². The molecule has 0 aliphatic heterocycles. The largest absolute Gasteiger partial charge is 0.477 e. The lowest BCUT2D eigenvalue weighted by Gasteiger charge is -2.15. The van der Waals surface area contributed by atoms with Crippen LogP contribution in [0.1, 0.15) is 15.9 Å². The lowest BCUT2D eigenvalue weighted by molar-refractivity contribution is 0.0695. The molecule has 0 saturated heterocycles. The number of carboxylic acids is 1. The second-order valence-corrected chi connectivity index (χ2v) is 7.66. The van der Waals surface area contributed by atoms with Crippen LogP contribution in [-0.4, -0.2) is 34.7 Å². The first-order valence-electron chi connectivity index (χ1n) is 9.84. The monoisotopic (exact) mass is 453 g/mol. The molecule has 2 aromatic carbocycles. The molecule has 2 heterocycles. The van der Waals surface area contributed by atoms with Gasteiger partial charge in [0.15, 0.2) is 0 Å². The molecule has 0 aliphatic rings. The summed E-state index contributed by atoms with van der Waals surface area (Å²) < 4.78 is 44.9. The van der Waals surface area contributed by atoms with Gasteiger partial charge in [0.2, 0.25) is 5.43 Å². The number of carboxylic acid groups (broad SMARTS) is 1. The van der Waals surface area contributed by atoms with Gasteiger partial charge in [-0.05, 0) is 35.9 Å². The number of aromatic nitrogens is 2. The maximum Gasteiger partial charge on any atom is 0.341 e. The van der Waals surface area contributed by atoms with E-state index in [0.717, 1.165) is 28.7 Å². The number of hydrogen-bond acceptors (Lipinski definition) is 4. The molecule has 4 rings (SSSR count). The second kappa shape index (κ2) is 8.42. The summed E-state index contributed by atoms with van der Waals surface area (Å²) in [6.07, 6.45) is 2.50. The number of halogens is 3. The van der Waals surface area contributed by atoms with E-state index in [4.69, 9.17) is 0 Å². The van der Waals surface area contributed by atoms with E-state index < -0.39 is 45.3 Å². The van der Waals surface area contributed by atoms with Gasteiger partial charge in [0.25, 0.3) is 0 Å². The van der Waals surface area contributed by atoms with Crippen molar-refractivity contribution in [2.24, 2.45) is 0 Å². The molecule has 0 radical (unpaired) electrons. The van der Waals surface area contributed by atoms with Gasteiger partial charge in [-0.25, -0.2) is 22.9 Å². The second-order valence-electron chi connectivity index (χ2n) is 7.66. The smallest absolute Gasteiger partial charge is 0.341 e. The van der Waals surface area contributed by atoms with Gasteiger partial charge in [-0.1, -0.05) is 12.1 Å². The molecule has 0 bridgehead atoms. The Morgan fingerprint density at radius 3 is 2.30 bits per heavy atom. The van der Waals surface area contributed by atoms with Gasteiger partial charge in [0, 0.05) is 37.6 Å². The summed E-state index contributed by atoms with van der Waals surface area (Å²) in [5, 5.41) is 8.64. The van der Waals surface area contributed by atoms with Crippen LogP contribution < -0.4 is 10.3 Å². The standard InChI is InChI=1S/C24H18F3N3O3/c1-29(2)20-8-5-14(10-28-20)13-3-4-15(19(27)9-13)11-30-12-16(24(32)33)23(31)21-17(25)6-7-18(26)22(21)30/h3-10,12H,11H2,1-2H3,(H,32,33). The highest BCUT2D eigenvalue weighted by Crippen LogP contribution is 2.25. The summed E-state index contributed by atoms with van der Waals surface area (Å²) in [6.45, 7) is -0.318. The third kappa shape index (κ3) is 4.05. The van der Waals surface area contributed by atoms with Gasteiger partial charge >= 0.3 is 5.97 Å². The fraction of sp³-hybridized carbons (Fsp3) is 0.125. The first-order chi connectivity index (χ1) is 15.7. The van der Waals surface area contributed by atoms with Gasteiger partial charge in [0.1, 0.15) is 28.8 Å². The summed E-state index contributed by atoms with van der Waals surface area (Å²) in [4.78, 5) is 30.0. The number of pyridine rings is 2. The molecule has 33 heavy (non-hydrogen) atoms. The third-order valence-electron chi connectivity index (χ3n) is 5.29. The molecule has 9 heteroatoms. The SMILES string of the molecule is CN(C)c1ccc(-c2ccc(Cn3cc(C(=O)O)c(=O)c4c(F)ccc(F)c43)c(F)c2)cn1. The lowest BCUT2D eigenvalue weighted by atomic mass is 10.0. The highest BCUT2D eigenvalue weighted by atomic mass is 19.1. The Balaban J connectivity index is 1.79. The molecular weight excluding hydrogens is 435 g/mol. The fourth-order valence-corrected chi connectivity index (χ4v) is 3.59. The third-order valence-corrected chi connectivity index (χ3v) is 5.29. The average Bonchev–Trinajstić information content (AvgIpc) is 2.78. The molecule has 0 unspecified atom stereocenters. The number of carbonyl (C=O) groups is 1. The van der Waals surface area contributed by atoms with Crippen molar-refractivity contribution in [3.63, 3.8) is 0 Å². The molecule has 168 valence electrons. The molecule has 4 aromatic rings. The minimum atomic E-state index is -1.59. The van der Waals surface area contributed by atoms with Crippen molar-refractivity contribution >= 4 is 22.7 Å². The van der Waals surface area contributed by atoms with E-state index in [2.05, 4.69) is 4.98 Å². The zero-order chi connectivity index (χ0) is 23.9. The van der Waals surface area contributed by atoms with Gasteiger partial charge in [-0.3, -0.25) is 4.79 Å². The first kappa shape index (κ1) is 22.1. The first-order valence-corrected chi connectivity index (χ1v) is 9.84. The lowest BCUT2D eigenvalue weighted by Crippen LogP contribution is -2.21. The number of rotatable bonds is 5. The van der Waals surface area contributed by atoms with Gasteiger partial charge in [0.05, 0.1) is 17.4 Å². The van der Waals surface area contributed by atoms with Crippen LogP contribution in [-0.2, 0) is 6.54 Å². The fourth-order valence-electron chi connectivity index (χ4n) is 3.59. The van der Waals surface area contributed by atoms with Crippen LogP contribution in [0.2, 0.25) is 0 Å². The zero-order valence-corrected chi connectivity index (χ0v) is 17.6. The number of aromatic carboxylic acids is 1. The molecular formula is C24H18F3N3O3. The highest BCUT2D eigenvalue weighted by molar-refractivity contribution is 5.93. The average molecular weight is 453 g/mol. The molecule has 0 spiro atoms. The normalized spacial score (nSPS) is 11.1. The minimum Gasteiger partial charge on any atom is -0.477 e. The highest BCUT2D eigenvalue weighted by Gasteiger charge is 2.20. The van der Waals surface area contributed by atoms with Crippen LogP contribution >= 0.6 is 0 Å². The van der Waals surface area contributed by atoms with Crippen molar-refractivity contribution in [3.05, 3.63) is 93.7 Å². The molecule has 2 aromatic heterocycles. The molecule has 1 N–H and O–H groups in total. The van der Waals surface area contributed by atoms with E-state index in [-0.39, 0.29) is 12.1 Å². The predicted octanol–water partition coefficient (Wildman–Crippen LogP) is 4.29. The summed E-state index contributed by atoms with van der Waals surface area (Å²) in [5.41, 5.74) is -0.978. The van der Waals surface area contributed by atoms with Crippen molar-refractivity contribution in [1.29, 1.82) is 0 Å². The van der Waals surface area contributed by atoms with Crippen LogP contribution in [0.3, 0.4) is 0 Å². The number of nitrogens with zero attached hydrogens (tertiary/aromatic N) is 3. The van der Waals surface area contributed by atoms with E-state index >= 15 is 0 Å². The number of fused-ring (bicyclic) bond motifs is 1. The summed E-state index contributed by atoms with van der Waals surface area (Å²) in [5.74, 6) is -3.47.